The van der Waals surface area contributed by atoms with Gasteiger partial charge in [-0.25, -0.2) is 4.98 Å². The lowest BCUT2D eigenvalue weighted by Crippen LogP contribution is -2.06. The second-order valence-electron chi connectivity index (χ2n) is 5.13. The van der Waals surface area contributed by atoms with Gasteiger partial charge in [0.05, 0.1) is 12.8 Å². The summed E-state index contributed by atoms with van der Waals surface area (Å²) in [6.07, 6.45) is 0.247. The zero-order valence-corrected chi connectivity index (χ0v) is 12.4. The molecule has 114 valence electrons. The van der Waals surface area contributed by atoms with Crippen molar-refractivity contribution in [2.75, 3.05) is 0 Å². The van der Waals surface area contributed by atoms with Crippen LogP contribution in [0.15, 0.2) is 60.7 Å². The molecule has 0 amide bonds. The molecule has 0 unspecified atom stereocenters. The molecule has 23 heavy (non-hydrogen) atoms. The zero-order valence-electron chi connectivity index (χ0n) is 12.4. The van der Waals surface area contributed by atoms with Gasteiger partial charge in [-0.15, -0.1) is 0 Å². The van der Waals surface area contributed by atoms with Gasteiger partial charge in [0.15, 0.2) is 17.4 Å². The van der Waals surface area contributed by atoms with Crippen molar-refractivity contribution in [2.24, 2.45) is 0 Å². The third-order valence-corrected chi connectivity index (χ3v) is 3.42. The van der Waals surface area contributed by atoms with Gasteiger partial charge in [-0.3, -0.25) is 14.7 Å². The molecule has 5 nitrogen and oxygen atoms in total. The van der Waals surface area contributed by atoms with Gasteiger partial charge in [0, 0.05) is 11.1 Å². The van der Waals surface area contributed by atoms with Crippen LogP contribution in [0, 0.1) is 0 Å². The van der Waals surface area contributed by atoms with E-state index in [0.717, 1.165) is 0 Å². The van der Waals surface area contributed by atoms with Crippen molar-refractivity contribution in [3.05, 3.63) is 83.4 Å². The molecule has 0 spiro atoms. The average molecular weight is 305 g/mol. The maximum atomic E-state index is 12.1. The number of Topliss-reactive ketones (excluding diaryl/α,β-unsaturated/α-hetero) is 2. The van der Waals surface area contributed by atoms with Gasteiger partial charge >= 0.3 is 0 Å². The van der Waals surface area contributed by atoms with Gasteiger partial charge in [0.1, 0.15) is 5.82 Å². The van der Waals surface area contributed by atoms with Crippen molar-refractivity contribution in [1.82, 2.24) is 15.2 Å². The predicted molar refractivity (Wildman–Crippen MR) is 85.3 cm³/mol. The molecule has 0 fully saturated rings. The molecule has 3 aromatic rings. The highest BCUT2D eigenvalue weighted by Gasteiger charge is 2.13. The molecular weight excluding hydrogens is 290 g/mol. The molecule has 2 aromatic carbocycles. The van der Waals surface area contributed by atoms with Gasteiger partial charge in [-0.1, -0.05) is 60.7 Å². The largest absolute Gasteiger partial charge is 0.294 e. The molecule has 0 bridgehead atoms. The first kappa shape index (κ1) is 14.8. The summed E-state index contributed by atoms with van der Waals surface area (Å²) in [7, 11) is 0. The van der Waals surface area contributed by atoms with Gasteiger partial charge in [-0.05, 0) is 0 Å². The second-order valence-corrected chi connectivity index (χ2v) is 5.13. The Hall–Kier alpha value is -3.08. The highest BCUT2D eigenvalue weighted by molar-refractivity contribution is 5.97. The SMILES string of the molecule is O=C(Cc1n[nH]c(CC(=O)c2ccccc2)n1)c1ccccc1. The first-order chi connectivity index (χ1) is 11.2. The first-order valence-corrected chi connectivity index (χ1v) is 7.29. The fraction of sp³-hybridized carbons (Fsp3) is 0.111. The van der Waals surface area contributed by atoms with Crippen molar-refractivity contribution in [1.29, 1.82) is 0 Å². The molecule has 0 aliphatic rings. The Labute approximate surface area is 133 Å². The molecule has 3 rings (SSSR count). The van der Waals surface area contributed by atoms with Gasteiger partial charge in [0.25, 0.3) is 0 Å². The van der Waals surface area contributed by atoms with Crippen LogP contribution < -0.4 is 0 Å². The molecule has 1 aromatic heterocycles. The van der Waals surface area contributed by atoms with Gasteiger partial charge in [0.2, 0.25) is 0 Å². The lowest BCUT2D eigenvalue weighted by atomic mass is 10.1. The number of carbonyl (C=O) groups excluding carboxylic acids is 2. The van der Waals surface area contributed by atoms with E-state index in [2.05, 4.69) is 15.2 Å². The maximum Gasteiger partial charge on any atom is 0.170 e. The Kier molecular flexibility index (Phi) is 4.38. The number of H-pyrrole nitrogens is 1. The summed E-state index contributed by atoms with van der Waals surface area (Å²) in [5, 5.41) is 6.75. The fourth-order valence-corrected chi connectivity index (χ4v) is 2.24. The number of aromatic nitrogens is 3. The van der Waals surface area contributed by atoms with Gasteiger partial charge in [-0.2, -0.15) is 5.10 Å². The third-order valence-electron chi connectivity index (χ3n) is 3.42. The molecule has 0 saturated heterocycles. The number of carbonyl (C=O) groups is 2. The summed E-state index contributed by atoms with van der Waals surface area (Å²) in [6, 6.07) is 18.0. The van der Waals surface area contributed by atoms with Crippen molar-refractivity contribution < 1.29 is 9.59 Å². The fourth-order valence-electron chi connectivity index (χ4n) is 2.24. The minimum atomic E-state index is -0.0504. The number of nitrogens with one attached hydrogen (secondary N) is 1. The van der Waals surface area contributed by atoms with E-state index in [9.17, 15) is 9.59 Å². The quantitative estimate of drug-likeness (QED) is 0.710. The number of hydrogen-bond acceptors (Lipinski definition) is 4. The molecular formula is C18H15N3O2. The molecule has 1 heterocycles. The maximum absolute atomic E-state index is 12.1. The van der Waals surface area contributed by atoms with Crippen LogP contribution in [-0.2, 0) is 12.8 Å². The highest BCUT2D eigenvalue weighted by atomic mass is 16.1. The Bertz CT molecular complexity index is 743. The third kappa shape index (κ3) is 3.77. The predicted octanol–water partition coefficient (Wildman–Crippen LogP) is 2.66. The second kappa shape index (κ2) is 6.79. The van der Waals surface area contributed by atoms with E-state index in [1.807, 2.05) is 36.4 Å². The molecule has 0 aliphatic heterocycles. The number of ketones is 2. The van der Waals surface area contributed by atoms with Gasteiger partial charge < -0.3 is 0 Å². The van der Waals surface area contributed by atoms with E-state index in [1.54, 1.807) is 24.3 Å². The van der Waals surface area contributed by atoms with Crippen LogP contribution >= 0.6 is 0 Å². The number of nitrogens with zero attached hydrogens (tertiary/aromatic N) is 2. The van der Waals surface area contributed by atoms with E-state index in [0.29, 0.717) is 22.8 Å². The van der Waals surface area contributed by atoms with Crippen LogP contribution in [0.3, 0.4) is 0 Å². The summed E-state index contributed by atoms with van der Waals surface area (Å²) < 4.78 is 0. The minimum absolute atomic E-state index is 0.0392. The molecule has 5 heteroatoms. The Morgan fingerprint density at radius 2 is 1.30 bits per heavy atom. The standard InChI is InChI=1S/C18H15N3O2/c22-15(13-7-3-1-4-8-13)11-17-19-18(21-20-17)12-16(23)14-9-5-2-6-10-14/h1-10H,11-12H2,(H,19,20,21). The van der Waals surface area contributed by atoms with Crippen molar-refractivity contribution in [2.45, 2.75) is 12.8 Å². The van der Waals surface area contributed by atoms with E-state index in [1.165, 1.54) is 0 Å². The van der Waals surface area contributed by atoms with E-state index < -0.39 is 0 Å². The Morgan fingerprint density at radius 3 is 1.87 bits per heavy atom. The first-order valence-electron chi connectivity index (χ1n) is 7.29. The average Bonchev–Trinajstić information content (AvgIpc) is 3.03. The molecule has 0 atom stereocenters. The van der Waals surface area contributed by atoms with E-state index in [-0.39, 0.29) is 24.4 Å². The number of aromatic amines is 1. The molecule has 0 aliphatic carbocycles. The topological polar surface area (TPSA) is 75.7 Å². The monoisotopic (exact) mass is 305 g/mol. The number of hydrogen-bond donors (Lipinski definition) is 1. The normalized spacial score (nSPS) is 10.4. The smallest absolute Gasteiger partial charge is 0.170 e. The summed E-state index contributed by atoms with van der Waals surface area (Å²) in [4.78, 5) is 28.5. The Balaban J connectivity index is 1.64. The molecule has 0 saturated carbocycles. The molecule has 1 N–H and O–H groups in total. The van der Waals surface area contributed by atoms with Crippen LogP contribution in [-0.4, -0.2) is 26.7 Å². The van der Waals surface area contributed by atoms with Crippen LogP contribution in [0.2, 0.25) is 0 Å². The van der Waals surface area contributed by atoms with Crippen LogP contribution in [0.4, 0.5) is 0 Å². The summed E-state index contributed by atoms with van der Waals surface area (Å²) in [5.41, 5.74) is 1.25. The lowest BCUT2D eigenvalue weighted by Gasteiger charge is -1.98. The lowest BCUT2D eigenvalue weighted by molar-refractivity contribution is 0.0984. The summed E-state index contributed by atoms with van der Waals surface area (Å²) in [5.74, 6) is 0.776. The minimum Gasteiger partial charge on any atom is -0.294 e. The van der Waals surface area contributed by atoms with Crippen LogP contribution in [0.1, 0.15) is 32.4 Å². The number of rotatable bonds is 6. The van der Waals surface area contributed by atoms with Crippen LogP contribution in [0.25, 0.3) is 0 Å². The van der Waals surface area contributed by atoms with Crippen molar-refractivity contribution >= 4 is 11.6 Å². The summed E-state index contributed by atoms with van der Waals surface area (Å²) in [6.45, 7) is 0. The van der Waals surface area contributed by atoms with E-state index >= 15 is 0 Å². The van der Waals surface area contributed by atoms with Crippen molar-refractivity contribution in [3.8, 4) is 0 Å². The number of benzene rings is 2. The van der Waals surface area contributed by atoms with Crippen molar-refractivity contribution in [3.63, 3.8) is 0 Å². The zero-order chi connectivity index (χ0) is 16.1. The van der Waals surface area contributed by atoms with E-state index in [4.69, 9.17) is 0 Å². The van der Waals surface area contributed by atoms with Crippen LogP contribution in [0.5, 0.6) is 0 Å². The highest BCUT2D eigenvalue weighted by Crippen LogP contribution is 2.07. The Morgan fingerprint density at radius 1 is 0.783 bits per heavy atom. The molecule has 0 radical (unpaired) electrons. The summed E-state index contributed by atoms with van der Waals surface area (Å²) >= 11 is 0.